The van der Waals surface area contributed by atoms with Gasteiger partial charge in [0.05, 0.1) is 16.9 Å². The second kappa shape index (κ2) is 8.94. The molecule has 1 aromatic heterocycles. The third-order valence-electron chi connectivity index (χ3n) is 5.88. The zero-order chi connectivity index (χ0) is 21.1. The lowest BCUT2D eigenvalue weighted by Gasteiger charge is -2.23. The lowest BCUT2D eigenvalue weighted by Crippen LogP contribution is -2.23. The van der Waals surface area contributed by atoms with Gasteiger partial charge in [-0.25, -0.2) is 0 Å². The molecular formula is C26H34N2O. The van der Waals surface area contributed by atoms with E-state index in [2.05, 4.69) is 69.6 Å². The summed E-state index contributed by atoms with van der Waals surface area (Å²) in [5.74, 6) is 0. The van der Waals surface area contributed by atoms with Gasteiger partial charge in [-0.15, -0.1) is 0 Å². The van der Waals surface area contributed by atoms with E-state index in [9.17, 15) is 4.79 Å². The van der Waals surface area contributed by atoms with Gasteiger partial charge >= 0.3 is 0 Å². The molecule has 0 saturated heterocycles. The minimum atomic E-state index is 0.0838. The van der Waals surface area contributed by atoms with Crippen molar-refractivity contribution in [3.8, 4) is 11.1 Å². The SMILES string of the molecule is CCCC(CCC)n1nc(CC)c(=O)c2c(-c3c(C)cc(C)cc3C)cccc21. The molecule has 3 nitrogen and oxygen atoms in total. The highest BCUT2D eigenvalue weighted by Crippen LogP contribution is 2.34. The molecule has 0 N–H and O–H groups in total. The van der Waals surface area contributed by atoms with Crippen LogP contribution >= 0.6 is 0 Å². The highest BCUT2D eigenvalue weighted by molar-refractivity contribution is 5.96. The fourth-order valence-electron chi connectivity index (χ4n) is 4.72. The van der Waals surface area contributed by atoms with Gasteiger partial charge in [-0.2, -0.15) is 5.10 Å². The molecule has 0 amide bonds. The van der Waals surface area contributed by atoms with Crippen LogP contribution in [0.1, 0.15) is 74.9 Å². The van der Waals surface area contributed by atoms with Crippen LogP contribution in [0, 0.1) is 20.8 Å². The van der Waals surface area contributed by atoms with Gasteiger partial charge in [0.25, 0.3) is 0 Å². The predicted molar refractivity (Wildman–Crippen MR) is 124 cm³/mol. The van der Waals surface area contributed by atoms with E-state index in [1.54, 1.807) is 0 Å². The molecule has 0 fully saturated rings. The van der Waals surface area contributed by atoms with Crippen LogP contribution in [0.5, 0.6) is 0 Å². The van der Waals surface area contributed by atoms with Crippen molar-refractivity contribution in [2.24, 2.45) is 0 Å². The molecule has 0 unspecified atom stereocenters. The summed E-state index contributed by atoms with van der Waals surface area (Å²) in [5.41, 5.74) is 7.63. The van der Waals surface area contributed by atoms with E-state index in [1.165, 1.54) is 22.3 Å². The van der Waals surface area contributed by atoms with Crippen LogP contribution in [0.25, 0.3) is 22.0 Å². The summed E-state index contributed by atoms with van der Waals surface area (Å²) < 4.78 is 2.16. The molecule has 3 rings (SSSR count). The lowest BCUT2D eigenvalue weighted by molar-refractivity contribution is 0.394. The van der Waals surface area contributed by atoms with E-state index in [0.717, 1.165) is 42.1 Å². The molecule has 0 bridgehead atoms. The number of rotatable bonds is 7. The Balaban J connectivity index is 2.41. The van der Waals surface area contributed by atoms with E-state index in [1.807, 2.05) is 6.92 Å². The van der Waals surface area contributed by atoms with Crippen LogP contribution in [-0.4, -0.2) is 9.78 Å². The topological polar surface area (TPSA) is 34.9 Å². The van der Waals surface area contributed by atoms with Gasteiger partial charge in [-0.05, 0) is 68.4 Å². The summed E-state index contributed by atoms with van der Waals surface area (Å²) in [5, 5.41) is 5.68. The smallest absolute Gasteiger partial charge is 0.211 e. The molecule has 2 aromatic carbocycles. The summed E-state index contributed by atoms with van der Waals surface area (Å²) in [4.78, 5) is 13.5. The Morgan fingerprint density at radius 1 is 0.966 bits per heavy atom. The summed E-state index contributed by atoms with van der Waals surface area (Å²) in [6.45, 7) is 12.9. The number of aromatic nitrogens is 2. The maximum absolute atomic E-state index is 13.5. The van der Waals surface area contributed by atoms with Gasteiger partial charge in [-0.1, -0.05) is 63.4 Å². The Kier molecular flexibility index (Phi) is 6.56. The molecule has 0 spiro atoms. The highest BCUT2D eigenvalue weighted by Gasteiger charge is 2.20. The van der Waals surface area contributed by atoms with Gasteiger partial charge in [0, 0.05) is 0 Å². The second-order valence-electron chi connectivity index (χ2n) is 8.28. The van der Waals surface area contributed by atoms with Gasteiger partial charge < -0.3 is 0 Å². The minimum Gasteiger partial charge on any atom is -0.287 e. The first-order valence-electron chi connectivity index (χ1n) is 11.0. The van der Waals surface area contributed by atoms with Crippen LogP contribution < -0.4 is 5.43 Å². The molecule has 0 aliphatic carbocycles. The van der Waals surface area contributed by atoms with E-state index >= 15 is 0 Å². The van der Waals surface area contributed by atoms with Crippen molar-refractivity contribution in [1.82, 2.24) is 9.78 Å². The van der Waals surface area contributed by atoms with Crippen LogP contribution in [0.2, 0.25) is 0 Å². The molecule has 0 atom stereocenters. The van der Waals surface area contributed by atoms with Crippen LogP contribution in [0.4, 0.5) is 0 Å². The van der Waals surface area contributed by atoms with E-state index in [-0.39, 0.29) is 5.43 Å². The fourth-order valence-corrected chi connectivity index (χ4v) is 4.72. The average Bonchev–Trinajstić information content (AvgIpc) is 2.67. The van der Waals surface area contributed by atoms with Gasteiger partial charge in [0.2, 0.25) is 5.43 Å². The third-order valence-corrected chi connectivity index (χ3v) is 5.88. The Morgan fingerprint density at radius 3 is 2.14 bits per heavy atom. The van der Waals surface area contributed by atoms with Crippen LogP contribution in [-0.2, 0) is 6.42 Å². The zero-order valence-corrected chi connectivity index (χ0v) is 18.8. The normalized spacial score (nSPS) is 11.6. The van der Waals surface area contributed by atoms with Crippen molar-refractivity contribution in [3.63, 3.8) is 0 Å². The maximum Gasteiger partial charge on any atom is 0.211 e. The van der Waals surface area contributed by atoms with Crippen LogP contribution in [0.3, 0.4) is 0 Å². The van der Waals surface area contributed by atoms with E-state index in [0.29, 0.717) is 18.2 Å². The van der Waals surface area contributed by atoms with Crippen molar-refractivity contribution >= 4 is 10.9 Å². The Labute approximate surface area is 174 Å². The van der Waals surface area contributed by atoms with Crippen molar-refractivity contribution in [2.45, 2.75) is 79.7 Å². The summed E-state index contributed by atoms with van der Waals surface area (Å²) in [6.07, 6.45) is 5.03. The molecule has 154 valence electrons. The van der Waals surface area contributed by atoms with Crippen molar-refractivity contribution in [2.75, 3.05) is 0 Å². The van der Waals surface area contributed by atoms with E-state index < -0.39 is 0 Å². The molecular weight excluding hydrogens is 356 g/mol. The molecule has 0 aliphatic rings. The fraction of sp³-hybridized carbons (Fsp3) is 0.462. The molecule has 1 heterocycles. The third kappa shape index (κ3) is 4.01. The number of nitrogens with zero attached hydrogens (tertiary/aromatic N) is 2. The monoisotopic (exact) mass is 390 g/mol. The molecule has 0 aliphatic heterocycles. The summed E-state index contributed by atoms with van der Waals surface area (Å²) in [7, 11) is 0. The molecule has 3 heteroatoms. The number of aryl methyl sites for hydroxylation is 4. The largest absolute Gasteiger partial charge is 0.287 e. The number of hydrogen-bond donors (Lipinski definition) is 0. The molecule has 0 saturated carbocycles. The highest BCUT2D eigenvalue weighted by atomic mass is 16.1. The number of benzene rings is 2. The van der Waals surface area contributed by atoms with E-state index in [4.69, 9.17) is 5.10 Å². The zero-order valence-electron chi connectivity index (χ0n) is 18.8. The van der Waals surface area contributed by atoms with Crippen LogP contribution in [0.15, 0.2) is 35.1 Å². The summed E-state index contributed by atoms with van der Waals surface area (Å²) in [6, 6.07) is 11.0. The number of hydrogen-bond acceptors (Lipinski definition) is 2. The molecule has 3 aromatic rings. The van der Waals surface area contributed by atoms with Gasteiger partial charge in [-0.3, -0.25) is 9.48 Å². The quantitative estimate of drug-likeness (QED) is 0.450. The van der Waals surface area contributed by atoms with Crippen molar-refractivity contribution in [3.05, 3.63) is 62.9 Å². The van der Waals surface area contributed by atoms with Gasteiger partial charge in [0.1, 0.15) is 5.69 Å². The number of fused-ring (bicyclic) bond motifs is 1. The Hall–Kier alpha value is -2.42. The predicted octanol–water partition coefficient (Wildman–Crippen LogP) is 6.69. The first-order valence-corrected chi connectivity index (χ1v) is 11.0. The lowest BCUT2D eigenvalue weighted by atomic mass is 9.91. The molecule has 0 radical (unpaired) electrons. The first kappa shape index (κ1) is 21.3. The Bertz CT molecular complexity index is 1050. The standard InChI is InChI=1S/C26H34N2O/c1-7-11-20(12-8-2)28-23-14-10-13-21(25(23)26(29)22(9-3)27-28)24-18(5)15-17(4)16-19(24)6/h10,13-16,20H,7-9,11-12H2,1-6H3. The minimum absolute atomic E-state index is 0.0838. The van der Waals surface area contributed by atoms with Gasteiger partial charge in [0.15, 0.2) is 0 Å². The second-order valence-corrected chi connectivity index (χ2v) is 8.28. The van der Waals surface area contributed by atoms with Crippen molar-refractivity contribution < 1.29 is 0 Å². The average molecular weight is 391 g/mol. The van der Waals surface area contributed by atoms with Crippen molar-refractivity contribution in [1.29, 1.82) is 0 Å². The molecule has 29 heavy (non-hydrogen) atoms. The maximum atomic E-state index is 13.5. The first-order chi connectivity index (χ1) is 13.9. The Morgan fingerprint density at radius 2 is 1.59 bits per heavy atom. The summed E-state index contributed by atoms with van der Waals surface area (Å²) >= 11 is 0.